The first-order chi connectivity index (χ1) is 11.0. The van der Waals surface area contributed by atoms with E-state index in [9.17, 15) is 9.90 Å². The van der Waals surface area contributed by atoms with Crippen LogP contribution in [0.5, 0.6) is 0 Å². The molecule has 2 aromatic rings. The van der Waals surface area contributed by atoms with Gasteiger partial charge in [-0.05, 0) is 36.9 Å². The lowest BCUT2D eigenvalue weighted by Crippen LogP contribution is -2.33. The van der Waals surface area contributed by atoms with E-state index in [0.717, 1.165) is 23.1 Å². The summed E-state index contributed by atoms with van der Waals surface area (Å²) in [6, 6.07) is 7.71. The quantitative estimate of drug-likeness (QED) is 0.824. The van der Waals surface area contributed by atoms with Crippen LogP contribution in [0, 0.1) is 0 Å². The number of urea groups is 1. The number of ether oxygens (including phenoxy) is 1. The molecular weight excluding hydrogens is 294 g/mol. The van der Waals surface area contributed by atoms with Gasteiger partial charge in [-0.3, -0.25) is 0 Å². The molecule has 1 aromatic heterocycles. The first-order valence-electron chi connectivity index (χ1n) is 7.79. The maximum Gasteiger partial charge on any atom is 0.321 e. The van der Waals surface area contributed by atoms with Gasteiger partial charge in [0.1, 0.15) is 0 Å². The Morgan fingerprint density at radius 2 is 2.22 bits per heavy atom. The molecule has 1 heterocycles. The van der Waals surface area contributed by atoms with Crippen LogP contribution in [0.1, 0.15) is 13.3 Å². The Balaban J connectivity index is 2.06. The lowest BCUT2D eigenvalue weighted by atomic mass is 10.2. The second-order valence-electron chi connectivity index (χ2n) is 5.76. The van der Waals surface area contributed by atoms with Crippen molar-refractivity contribution in [2.75, 3.05) is 32.6 Å². The van der Waals surface area contributed by atoms with Crippen molar-refractivity contribution in [3.8, 4) is 0 Å². The Bertz CT molecular complexity index is 652. The van der Waals surface area contributed by atoms with E-state index in [1.54, 1.807) is 26.0 Å². The first kappa shape index (κ1) is 17.3. The fourth-order valence-electron chi connectivity index (χ4n) is 2.35. The molecule has 0 aliphatic rings. The third-order valence-electron chi connectivity index (χ3n) is 3.79. The summed E-state index contributed by atoms with van der Waals surface area (Å²) in [5, 5.41) is 13.3. The van der Waals surface area contributed by atoms with E-state index in [1.807, 2.05) is 30.5 Å². The molecule has 0 aliphatic heterocycles. The van der Waals surface area contributed by atoms with Gasteiger partial charge in [0.15, 0.2) is 0 Å². The van der Waals surface area contributed by atoms with Gasteiger partial charge in [0, 0.05) is 39.1 Å². The van der Waals surface area contributed by atoms with E-state index in [1.165, 1.54) is 0 Å². The van der Waals surface area contributed by atoms with Gasteiger partial charge >= 0.3 is 6.03 Å². The van der Waals surface area contributed by atoms with E-state index in [2.05, 4.69) is 9.88 Å². The number of nitrogens with one attached hydrogen (secondary N) is 1. The van der Waals surface area contributed by atoms with Crippen molar-refractivity contribution in [1.82, 2.24) is 9.47 Å². The number of benzene rings is 1. The number of carbonyl (C=O) groups excluding carboxylic acids is 1. The average molecular weight is 319 g/mol. The SMILES string of the molecule is COCCn1ccc2ccc(NC(=O)N(C)CCC(C)O)cc21. The van der Waals surface area contributed by atoms with Crippen LogP contribution in [-0.4, -0.2) is 54.0 Å². The number of anilines is 1. The molecule has 1 atom stereocenters. The van der Waals surface area contributed by atoms with Crippen molar-refractivity contribution in [1.29, 1.82) is 0 Å². The zero-order chi connectivity index (χ0) is 16.8. The van der Waals surface area contributed by atoms with Gasteiger partial charge in [0.2, 0.25) is 0 Å². The van der Waals surface area contributed by atoms with Crippen LogP contribution in [0.25, 0.3) is 10.9 Å². The summed E-state index contributed by atoms with van der Waals surface area (Å²) in [5.41, 5.74) is 1.82. The third-order valence-corrected chi connectivity index (χ3v) is 3.79. The van der Waals surface area contributed by atoms with Crippen molar-refractivity contribution >= 4 is 22.6 Å². The van der Waals surface area contributed by atoms with Crippen LogP contribution in [0.2, 0.25) is 0 Å². The van der Waals surface area contributed by atoms with Crippen molar-refractivity contribution < 1.29 is 14.6 Å². The highest BCUT2D eigenvalue weighted by atomic mass is 16.5. The predicted molar refractivity (Wildman–Crippen MR) is 91.8 cm³/mol. The zero-order valence-corrected chi connectivity index (χ0v) is 14.0. The van der Waals surface area contributed by atoms with Gasteiger partial charge < -0.3 is 24.6 Å². The van der Waals surface area contributed by atoms with E-state index < -0.39 is 6.10 Å². The fraction of sp³-hybridized carbons (Fsp3) is 0.471. The number of aliphatic hydroxyl groups excluding tert-OH is 1. The van der Waals surface area contributed by atoms with Gasteiger partial charge in [-0.25, -0.2) is 4.79 Å². The number of aromatic nitrogens is 1. The summed E-state index contributed by atoms with van der Waals surface area (Å²) < 4.78 is 7.22. The normalized spacial score (nSPS) is 12.3. The summed E-state index contributed by atoms with van der Waals surface area (Å²) in [6.07, 6.45) is 2.16. The van der Waals surface area contributed by atoms with E-state index >= 15 is 0 Å². The molecule has 23 heavy (non-hydrogen) atoms. The maximum absolute atomic E-state index is 12.2. The van der Waals surface area contributed by atoms with Crippen molar-refractivity contribution in [2.45, 2.75) is 26.0 Å². The van der Waals surface area contributed by atoms with Crippen molar-refractivity contribution in [3.63, 3.8) is 0 Å². The second kappa shape index (κ2) is 7.99. The second-order valence-corrected chi connectivity index (χ2v) is 5.76. The van der Waals surface area contributed by atoms with E-state index in [-0.39, 0.29) is 6.03 Å². The number of hydrogen-bond donors (Lipinski definition) is 2. The topological polar surface area (TPSA) is 66.7 Å². The fourth-order valence-corrected chi connectivity index (χ4v) is 2.35. The molecule has 1 unspecified atom stereocenters. The molecule has 1 aromatic carbocycles. The van der Waals surface area contributed by atoms with Gasteiger partial charge in [0.25, 0.3) is 0 Å². The minimum atomic E-state index is -0.411. The third kappa shape index (κ3) is 4.71. The number of methoxy groups -OCH3 is 1. The van der Waals surface area contributed by atoms with Crippen LogP contribution in [0.4, 0.5) is 10.5 Å². The van der Waals surface area contributed by atoms with E-state index in [0.29, 0.717) is 19.6 Å². The summed E-state index contributed by atoms with van der Waals surface area (Å²) in [7, 11) is 3.40. The van der Waals surface area contributed by atoms with Crippen molar-refractivity contribution in [3.05, 3.63) is 30.5 Å². The van der Waals surface area contributed by atoms with Gasteiger partial charge in [-0.2, -0.15) is 0 Å². The summed E-state index contributed by atoms with van der Waals surface area (Å²) in [4.78, 5) is 13.7. The number of fused-ring (bicyclic) bond motifs is 1. The molecular formula is C17H25N3O3. The first-order valence-corrected chi connectivity index (χ1v) is 7.79. The van der Waals surface area contributed by atoms with Gasteiger partial charge in [-0.15, -0.1) is 0 Å². The highest BCUT2D eigenvalue weighted by Crippen LogP contribution is 2.21. The molecule has 0 bridgehead atoms. The molecule has 0 spiro atoms. The number of aliphatic hydroxyl groups is 1. The Morgan fingerprint density at radius 1 is 1.43 bits per heavy atom. The van der Waals surface area contributed by atoms with Crippen LogP contribution in [0.15, 0.2) is 30.5 Å². The molecule has 2 N–H and O–H groups in total. The molecule has 6 heteroatoms. The largest absolute Gasteiger partial charge is 0.393 e. The highest BCUT2D eigenvalue weighted by molar-refractivity contribution is 5.92. The molecule has 6 nitrogen and oxygen atoms in total. The number of nitrogens with zero attached hydrogens (tertiary/aromatic N) is 2. The zero-order valence-electron chi connectivity index (χ0n) is 14.0. The Kier molecular flexibility index (Phi) is 6.01. The standard InChI is InChI=1S/C17H25N3O3/c1-13(21)6-8-19(2)17(22)18-15-5-4-14-7-9-20(10-11-23-3)16(14)12-15/h4-5,7,9,12-13,21H,6,8,10-11H2,1-3H3,(H,18,22). The van der Waals surface area contributed by atoms with Gasteiger partial charge in [-0.1, -0.05) is 6.07 Å². The number of hydrogen-bond acceptors (Lipinski definition) is 3. The summed E-state index contributed by atoms with van der Waals surface area (Å²) >= 11 is 0. The molecule has 0 saturated carbocycles. The van der Waals surface area contributed by atoms with Crippen LogP contribution < -0.4 is 5.32 Å². The van der Waals surface area contributed by atoms with Crippen molar-refractivity contribution in [2.24, 2.45) is 0 Å². The Morgan fingerprint density at radius 3 is 2.91 bits per heavy atom. The molecule has 2 rings (SSSR count). The molecule has 2 amide bonds. The van der Waals surface area contributed by atoms with Crippen LogP contribution in [-0.2, 0) is 11.3 Å². The predicted octanol–water partition coefficient (Wildman–Crippen LogP) is 2.52. The summed E-state index contributed by atoms with van der Waals surface area (Å²) in [6.45, 7) is 3.64. The molecule has 0 aliphatic carbocycles. The van der Waals surface area contributed by atoms with E-state index in [4.69, 9.17) is 4.74 Å². The van der Waals surface area contributed by atoms with Crippen LogP contribution >= 0.6 is 0 Å². The molecule has 0 radical (unpaired) electrons. The van der Waals surface area contributed by atoms with Crippen LogP contribution in [0.3, 0.4) is 0 Å². The lowest BCUT2D eigenvalue weighted by molar-refractivity contribution is 0.167. The number of amides is 2. The Hall–Kier alpha value is -2.05. The monoisotopic (exact) mass is 319 g/mol. The molecule has 126 valence electrons. The van der Waals surface area contributed by atoms with Gasteiger partial charge in [0.05, 0.1) is 18.2 Å². The minimum Gasteiger partial charge on any atom is -0.393 e. The smallest absolute Gasteiger partial charge is 0.321 e. The lowest BCUT2D eigenvalue weighted by Gasteiger charge is -2.18. The molecule has 0 saturated heterocycles. The maximum atomic E-state index is 12.2. The summed E-state index contributed by atoms with van der Waals surface area (Å²) in [5.74, 6) is 0. The Labute approximate surface area is 136 Å². The minimum absolute atomic E-state index is 0.181. The number of carbonyl (C=O) groups is 1. The average Bonchev–Trinajstić information content (AvgIpc) is 2.92. The molecule has 0 fully saturated rings. The number of rotatable bonds is 7. The highest BCUT2D eigenvalue weighted by Gasteiger charge is 2.10.